The summed E-state index contributed by atoms with van der Waals surface area (Å²) in [4.78, 5) is 15.9. The van der Waals surface area contributed by atoms with Gasteiger partial charge in [0, 0.05) is 50.1 Å². The van der Waals surface area contributed by atoms with E-state index >= 15 is 0 Å². The zero-order valence-corrected chi connectivity index (χ0v) is 36.1. The first-order valence-electron chi connectivity index (χ1n) is 22.6. The fourth-order valence-corrected chi connectivity index (χ4v) is 10.2. The lowest BCUT2D eigenvalue weighted by Gasteiger charge is -2.27. The molecule has 13 rings (SSSR count). The van der Waals surface area contributed by atoms with Crippen molar-refractivity contribution < 1.29 is 4.42 Å². The van der Waals surface area contributed by atoms with E-state index in [-0.39, 0.29) is 17.8 Å². The number of fused-ring (bicyclic) bond motifs is 8. The van der Waals surface area contributed by atoms with Crippen molar-refractivity contribution in [1.82, 2.24) is 19.5 Å². The number of allylic oxidation sites excluding steroid dienone is 12. The Kier molecular flexibility index (Phi) is 8.79. The van der Waals surface area contributed by atoms with Crippen LogP contribution in [0, 0.1) is 23.7 Å². The Labute approximate surface area is 381 Å². The molecule has 66 heavy (non-hydrogen) atoms. The molecule has 3 aromatic heterocycles. The second kappa shape index (κ2) is 15.3. The van der Waals surface area contributed by atoms with Gasteiger partial charge in [-0.15, -0.1) is 0 Å². The Bertz CT molecular complexity index is 3900. The Balaban J connectivity index is 1.02. The monoisotopic (exact) mass is 844 g/mol. The zero-order valence-electron chi connectivity index (χ0n) is 36.1. The predicted octanol–water partition coefficient (Wildman–Crippen LogP) is 14.9. The topological polar surface area (TPSA) is 56.7 Å². The van der Waals surface area contributed by atoms with E-state index in [0.29, 0.717) is 17.5 Å². The van der Waals surface area contributed by atoms with Crippen molar-refractivity contribution in [3.05, 3.63) is 223 Å². The molecule has 3 heterocycles. The molecule has 3 aliphatic carbocycles. The third-order valence-corrected chi connectivity index (χ3v) is 13.5. The van der Waals surface area contributed by atoms with E-state index in [1.807, 2.05) is 12.1 Å². The average Bonchev–Trinajstić information content (AvgIpc) is 3.78. The molecule has 0 N–H and O–H groups in total. The molecule has 3 aliphatic rings. The third kappa shape index (κ3) is 6.22. The van der Waals surface area contributed by atoms with Gasteiger partial charge >= 0.3 is 0 Å². The first kappa shape index (κ1) is 37.9. The van der Waals surface area contributed by atoms with Gasteiger partial charge in [0.1, 0.15) is 5.58 Å². The lowest BCUT2D eigenvalue weighted by atomic mass is 9.77. The van der Waals surface area contributed by atoms with E-state index in [1.165, 1.54) is 38.4 Å². The van der Waals surface area contributed by atoms with Gasteiger partial charge in [0.25, 0.3) is 0 Å². The van der Waals surface area contributed by atoms with Crippen LogP contribution in [0.1, 0.15) is 24.2 Å². The Hall–Kier alpha value is -8.59. The van der Waals surface area contributed by atoms with E-state index in [4.69, 9.17) is 19.4 Å². The van der Waals surface area contributed by atoms with E-state index < -0.39 is 0 Å². The van der Waals surface area contributed by atoms with Crippen molar-refractivity contribution in [3.8, 4) is 51.4 Å². The normalized spacial score (nSPS) is 16.7. The average molecular weight is 845 g/mol. The molecule has 0 amide bonds. The molecular weight excluding hydrogens is 805 g/mol. The summed E-state index contributed by atoms with van der Waals surface area (Å²) in [5, 5.41) is 6.62. The lowest BCUT2D eigenvalue weighted by Crippen LogP contribution is -2.19. The second-order valence-electron chi connectivity index (χ2n) is 17.4. The number of aromatic nitrogens is 4. The molecule has 0 saturated heterocycles. The number of hydrogen-bond donors (Lipinski definition) is 0. The standard InChI is InChI=1S/C61H40N4O/c1-38-47-22-12-11-20-42(47)29-32-48(38)60-62-59(46-28-27-41-19-9-10-21-43(41)35-46)63-61(64-60)50-24-14-26-56-57(50)49-23-13-25-55(58(49)66-56)65-53-33-30-44(39-15-5-2-3-6-16-39)36-51(53)52-37-45(31-34-54(52)65)40-17-7-4-8-18-40/h2-11,13-21,23-39,47H,1H3/t38-,47?/m1/s1. The van der Waals surface area contributed by atoms with Gasteiger partial charge < -0.3 is 8.98 Å². The fourth-order valence-electron chi connectivity index (χ4n) is 10.2. The molecule has 0 aliphatic heterocycles. The molecule has 0 spiro atoms. The molecular formula is C61H40N4O. The molecule has 0 fully saturated rings. The predicted molar refractivity (Wildman–Crippen MR) is 271 cm³/mol. The number of rotatable bonds is 6. The highest BCUT2D eigenvalue weighted by atomic mass is 16.3. The van der Waals surface area contributed by atoms with Gasteiger partial charge in [0.2, 0.25) is 0 Å². The molecule has 0 saturated carbocycles. The molecule has 7 aromatic carbocycles. The Morgan fingerprint density at radius 2 is 1.33 bits per heavy atom. The first-order valence-corrected chi connectivity index (χ1v) is 22.6. The quantitative estimate of drug-likeness (QED) is 0.156. The number of nitrogens with zero attached hydrogens (tertiary/aromatic N) is 4. The van der Waals surface area contributed by atoms with Crippen molar-refractivity contribution in [2.45, 2.75) is 12.8 Å². The molecule has 0 radical (unpaired) electrons. The minimum atomic E-state index is 0.0687. The van der Waals surface area contributed by atoms with Gasteiger partial charge in [-0.25, -0.2) is 15.0 Å². The maximum absolute atomic E-state index is 7.02. The first-order chi connectivity index (χ1) is 32.6. The van der Waals surface area contributed by atoms with E-state index in [0.717, 1.165) is 60.7 Å². The fraction of sp³-hybridized carbons (Fsp3) is 0.0656. The van der Waals surface area contributed by atoms with Crippen LogP contribution in [0.4, 0.5) is 0 Å². The highest BCUT2D eigenvalue weighted by Gasteiger charge is 2.29. The summed E-state index contributed by atoms with van der Waals surface area (Å²) < 4.78 is 9.39. The van der Waals surface area contributed by atoms with Crippen molar-refractivity contribution in [2.24, 2.45) is 11.8 Å². The Morgan fingerprint density at radius 3 is 2.21 bits per heavy atom. The van der Waals surface area contributed by atoms with Crippen LogP contribution < -0.4 is 0 Å². The number of para-hydroxylation sites is 1. The summed E-state index contributed by atoms with van der Waals surface area (Å²) in [6.07, 6.45) is 21.3. The highest BCUT2D eigenvalue weighted by Crippen LogP contribution is 2.44. The summed E-state index contributed by atoms with van der Waals surface area (Å²) in [6, 6.07) is 51.8. The van der Waals surface area contributed by atoms with Gasteiger partial charge in [0.05, 0.1) is 22.6 Å². The maximum atomic E-state index is 7.02. The molecule has 5 heteroatoms. The molecule has 1 unspecified atom stereocenters. The van der Waals surface area contributed by atoms with Gasteiger partial charge in [-0.2, -0.15) is 0 Å². The van der Waals surface area contributed by atoms with Crippen LogP contribution in [0.25, 0.3) is 99.7 Å². The van der Waals surface area contributed by atoms with Gasteiger partial charge in [-0.05, 0) is 87.7 Å². The van der Waals surface area contributed by atoms with Crippen LogP contribution in [0.15, 0.2) is 216 Å². The van der Waals surface area contributed by atoms with Crippen LogP contribution in [0.5, 0.6) is 0 Å². The minimum absolute atomic E-state index is 0.0687. The summed E-state index contributed by atoms with van der Waals surface area (Å²) in [6.45, 7) is 2.23. The van der Waals surface area contributed by atoms with Crippen molar-refractivity contribution in [1.29, 1.82) is 0 Å². The van der Waals surface area contributed by atoms with Crippen molar-refractivity contribution in [2.75, 3.05) is 0 Å². The Morgan fingerprint density at radius 1 is 0.576 bits per heavy atom. The second-order valence-corrected chi connectivity index (χ2v) is 17.4. The van der Waals surface area contributed by atoms with Gasteiger partial charge in [0.15, 0.2) is 23.1 Å². The molecule has 2 atom stereocenters. The number of hydrogen-bond acceptors (Lipinski definition) is 4. The number of furan rings is 1. The summed E-state index contributed by atoms with van der Waals surface area (Å²) in [7, 11) is 0. The largest absolute Gasteiger partial charge is 0.454 e. The van der Waals surface area contributed by atoms with Crippen molar-refractivity contribution >= 4 is 60.1 Å². The van der Waals surface area contributed by atoms with Crippen LogP contribution >= 0.6 is 0 Å². The lowest BCUT2D eigenvalue weighted by molar-refractivity contribution is 0.614. The van der Waals surface area contributed by atoms with Crippen LogP contribution in [0.2, 0.25) is 0 Å². The van der Waals surface area contributed by atoms with E-state index in [9.17, 15) is 0 Å². The van der Waals surface area contributed by atoms with Crippen LogP contribution in [-0.2, 0) is 0 Å². The summed E-state index contributed by atoms with van der Waals surface area (Å²) in [5.41, 5.74) is 12.4. The molecule has 0 bridgehead atoms. The van der Waals surface area contributed by atoms with Gasteiger partial charge in [-0.1, -0.05) is 171 Å². The summed E-state index contributed by atoms with van der Waals surface area (Å²) >= 11 is 0. The minimum Gasteiger partial charge on any atom is -0.454 e. The van der Waals surface area contributed by atoms with E-state index in [1.54, 1.807) is 0 Å². The number of benzene rings is 7. The third-order valence-electron chi connectivity index (χ3n) is 13.5. The van der Waals surface area contributed by atoms with Crippen LogP contribution in [0.3, 0.4) is 0 Å². The van der Waals surface area contributed by atoms with Crippen LogP contribution in [-0.4, -0.2) is 19.5 Å². The SMILES string of the molecule is C[C@H]1C(c2nc(-c3ccc4ccccc4c3)nc(-c3cccc4oc5c(-n6c7ccc(-c8ccccc8)cc7c7cc(C8C=CC=CC=C8)ccc76)cccc5c34)n2)=CC=C2C=CC#CC21. The highest BCUT2D eigenvalue weighted by molar-refractivity contribution is 6.16. The molecule has 5 nitrogen and oxygen atoms in total. The van der Waals surface area contributed by atoms with Gasteiger partial charge in [-0.3, -0.25) is 0 Å². The molecule has 310 valence electrons. The van der Waals surface area contributed by atoms with E-state index in [2.05, 4.69) is 218 Å². The molecule has 10 aromatic rings. The smallest absolute Gasteiger partial charge is 0.164 e. The summed E-state index contributed by atoms with van der Waals surface area (Å²) in [5.74, 6) is 8.84. The van der Waals surface area contributed by atoms with Crippen molar-refractivity contribution in [3.63, 3.8) is 0 Å². The zero-order chi connectivity index (χ0) is 43.7. The maximum Gasteiger partial charge on any atom is 0.164 e.